The summed E-state index contributed by atoms with van der Waals surface area (Å²) in [5, 5.41) is 6.16. The van der Waals surface area contributed by atoms with Crippen LogP contribution in [0.25, 0.3) is 0 Å². The Balaban J connectivity index is 1.55. The predicted molar refractivity (Wildman–Crippen MR) is 106 cm³/mol. The number of aliphatic imine (C=N–C) groups is 1. The summed E-state index contributed by atoms with van der Waals surface area (Å²) in [6.07, 6.45) is 1.97. The number of rotatable bonds is 4. The Morgan fingerprint density at radius 1 is 1.22 bits per heavy atom. The summed E-state index contributed by atoms with van der Waals surface area (Å²) < 4.78 is 13.6. The lowest BCUT2D eigenvalue weighted by Gasteiger charge is -2.29. The van der Waals surface area contributed by atoms with Gasteiger partial charge in [-0.15, -0.1) is 0 Å². The van der Waals surface area contributed by atoms with Crippen molar-refractivity contribution in [3.8, 4) is 0 Å². The van der Waals surface area contributed by atoms with Crippen molar-refractivity contribution in [2.24, 2.45) is 4.99 Å². The van der Waals surface area contributed by atoms with Gasteiger partial charge in [0, 0.05) is 25.8 Å². The van der Waals surface area contributed by atoms with Gasteiger partial charge in [0.05, 0.1) is 6.54 Å². The number of amides is 1. The second-order valence-corrected chi connectivity index (χ2v) is 6.64. The highest BCUT2D eigenvalue weighted by molar-refractivity contribution is 5.98. The standard InChI is InChI=1S/C21H25FN4O/c1-15-9-10-16(12-18(15)22)13-24-21(23-2)25-14-20(27)26-11-5-7-17-6-3-4-8-19(17)26/h3-4,6,8-10,12H,5,7,11,13-14H2,1-2H3,(H2,23,24,25). The number of carbonyl (C=O) groups excluding carboxylic acids is 1. The third-order valence-corrected chi connectivity index (χ3v) is 4.74. The first-order chi connectivity index (χ1) is 13.1. The van der Waals surface area contributed by atoms with Crippen LogP contribution >= 0.6 is 0 Å². The number of hydrogen-bond acceptors (Lipinski definition) is 2. The molecule has 0 spiro atoms. The molecule has 1 aliphatic heterocycles. The molecule has 2 N–H and O–H groups in total. The number of nitrogens with zero attached hydrogens (tertiary/aromatic N) is 2. The van der Waals surface area contributed by atoms with Crippen LogP contribution in [0.5, 0.6) is 0 Å². The molecule has 0 saturated heterocycles. The second-order valence-electron chi connectivity index (χ2n) is 6.64. The Hall–Kier alpha value is -2.89. The third kappa shape index (κ3) is 4.64. The van der Waals surface area contributed by atoms with E-state index in [1.165, 1.54) is 11.6 Å². The van der Waals surface area contributed by atoms with Crippen molar-refractivity contribution in [3.05, 3.63) is 65.0 Å². The van der Waals surface area contributed by atoms with E-state index in [9.17, 15) is 9.18 Å². The summed E-state index contributed by atoms with van der Waals surface area (Å²) in [5.41, 5.74) is 3.64. The van der Waals surface area contributed by atoms with Crippen LogP contribution in [0.4, 0.5) is 10.1 Å². The highest BCUT2D eigenvalue weighted by atomic mass is 19.1. The van der Waals surface area contributed by atoms with Crippen molar-refractivity contribution in [1.29, 1.82) is 0 Å². The maximum Gasteiger partial charge on any atom is 0.246 e. The van der Waals surface area contributed by atoms with Crippen LogP contribution in [0.3, 0.4) is 0 Å². The largest absolute Gasteiger partial charge is 0.352 e. The van der Waals surface area contributed by atoms with Crippen molar-refractivity contribution >= 4 is 17.6 Å². The first kappa shape index (κ1) is 18.9. The van der Waals surface area contributed by atoms with Crippen LogP contribution in [-0.2, 0) is 17.8 Å². The van der Waals surface area contributed by atoms with Gasteiger partial charge in [0.1, 0.15) is 5.82 Å². The summed E-state index contributed by atoms with van der Waals surface area (Å²) in [6, 6.07) is 13.2. The zero-order chi connectivity index (χ0) is 19.2. The number of aryl methyl sites for hydroxylation is 2. The van der Waals surface area contributed by atoms with E-state index in [1.54, 1.807) is 20.0 Å². The fourth-order valence-electron chi connectivity index (χ4n) is 3.20. The molecular weight excluding hydrogens is 343 g/mol. The molecule has 3 rings (SSSR count). The minimum Gasteiger partial charge on any atom is -0.352 e. The molecule has 6 heteroatoms. The van der Waals surface area contributed by atoms with E-state index in [1.807, 2.05) is 29.2 Å². The number of fused-ring (bicyclic) bond motifs is 1. The average molecular weight is 368 g/mol. The SMILES string of the molecule is CN=C(NCC(=O)N1CCCc2ccccc21)NCc1ccc(C)c(F)c1. The fourth-order valence-corrected chi connectivity index (χ4v) is 3.20. The zero-order valence-electron chi connectivity index (χ0n) is 15.8. The maximum absolute atomic E-state index is 13.6. The van der Waals surface area contributed by atoms with Gasteiger partial charge >= 0.3 is 0 Å². The van der Waals surface area contributed by atoms with Gasteiger partial charge in [0.25, 0.3) is 0 Å². The molecule has 0 aliphatic carbocycles. The van der Waals surface area contributed by atoms with E-state index in [-0.39, 0.29) is 18.3 Å². The van der Waals surface area contributed by atoms with Gasteiger partial charge in [-0.25, -0.2) is 4.39 Å². The first-order valence-electron chi connectivity index (χ1n) is 9.16. The zero-order valence-corrected chi connectivity index (χ0v) is 15.8. The highest BCUT2D eigenvalue weighted by Gasteiger charge is 2.21. The Bertz CT molecular complexity index is 850. The number of hydrogen-bond donors (Lipinski definition) is 2. The average Bonchev–Trinajstić information content (AvgIpc) is 2.70. The van der Waals surface area contributed by atoms with E-state index in [0.717, 1.165) is 30.6 Å². The Labute approximate surface area is 159 Å². The van der Waals surface area contributed by atoms with Crippen molar-refractivity contribution < 1.29 is 9.18 Å². The second kappa shape index (κ2) is 8.66. The van der Waals surface area contributed by atoms with Crippen LogP contribution in [0.2, 0.25) is 0 Å². The van der Waals surface area contributed by atoms with Crippen molar-refractivity contribution in [3.63, 3.8) is 0 Å². The summed E-state index contributed by atoms with van der Waals surface area (Å²) in [6.45, 7) is 3.04. The normalized spacial score (nSPS) is 13.9. The molecule has 0 atom stereocenters. The third-order valence-electron chi connectivity index (χ3n) is 4.74. The van der Waals surface area contributed by atoms with Crippen LogP contribution in [-0.4, -0.2) is 32.0 Å². The number of nitrogens with one attached hydrogen (secondary N) is 2. The molecule has 0 unspecified atom stereocenters. The molecule has 1 amide bonds. The van der Waals surface area contributed by atoms with E-state index < -0.39 is 0 Å². The number of para-hydroxylation sites is 1. The van der Waals surface area contributed by atoms with E-state index in [0.29, 0.717) is 18.1 Å². The molecular formula is C21H25FN4O. The number of anilines is 1. The van der Waals surface area contributed by atoms with E-state index in [2.05, 4.69) is 21.7 Å². The minimum atomic E-state index is -0.226. The number of guanidine groups is 1. The predicted octanol–water partition coefficient (Wildman–Crippen LogP) is 2.78. The Morgan fingerprint density at radius 3 is 2.81 bits per heavy atom. The highest BCUT2D eigenvalue weighted by Crippen LogP contribution is 2.26. The van der Waals surface area contributed by atoms with Crippen LogP contribution in [0, 0.1) is 12.7 Å². The van der Waals surface area contributed by atoms with Gasteiger partial charge < -0.3 is 15.5 Å². The van der Waals surface area contributed by atoms with E-state index >= 15 is 0 Å². The number of carbonyl (C=O) groups is 1. The molecule has 1 heterocycles. The fraction of sp³-hybridized carbons (Fsp3) is 0.333. The summed E-state index contributed by atoms with van der Waals surface area (Å²) in [4.78, 5) is 18.6. The van der Waals surface area contributed by atoms with Gasteiger partial charge in [-0.3, -0.25) is 9.79 Å². The topological polar surface area (TPSA) is 56.7 Å². The van der Waals surface area contributed by atoms with E-state index in [4.69, 9.17) is 0 Å². The molecule has 0 aromatic heterocycles. The molecule has 0 radical (unpaired) electrons. The van der Waals surface area contributed by atoms with Gasteiger partial charge in [-0.2, -0.15) is 0 Å². The Kier molecular flexibility index (Phi) is 6.06. The van der Waals surface area contributed by atoms with Crippen molar-refractivity contribution in [2.75, 3.05) is 25.0 Å². The lowest BCUT2D eigenvalue weighted by atomic mass is 10.0. The molecule has 2 aromatic carbocycles. The molecule has 142 valence electrons. The number of halogens is 1. The minimum absolute atomic E-state index is 0.00600. The van der Waals surface area contributed by atoms with Crippen molar-refractivity contribution in [2.45, 2.75) is 26.3 Å². The number of benzene rings is 2. The lowest BCUT2D eigenvalue weighted by molar-refractivity contribution is -0.117. The first-order valence-corrected chi connectivity index (χ1v) is 9.16. The van der Waals surface area contributed by atoms with Gasteiger partial charge in [0.15, 0.2) is 5.96 Å². The molecule has 0 fully saturated rings. The van der Waals surface area contributed by atoms with Crippen LogP contribution in [0.15, 0.2) is 47.5 Å². The van der Waals surface area contributed by atoms with Gasteiger partial charge in [-0.1, -0.05) is 30.3 Å². The summed E-state index contributed by atoms with van der Waals surface area (Å²) >= 11 is 0. The summed E-state index contributed by atoms with van der Waals surface area (Å²) in [5.74, 6) is 0.289. The summed E-state index contributed by atoms with van der Waals surface area (Å²) in [7, 11) is 1.64. The molecule has 0 bridgehead atoms. The van der Waals surface area contributed by atoms with Crippen LogP contribution in [0.1, 0.15) is 23.1 Å². The quantitative estimate of drug-likeness (QED) is 0.645. The monoisotopic (exact) mass is 368 g/mol. The maximum atomic E-state index is 13.6. The van der Waals surface area contributed by atoms with Crippen LogP contribution < -0.4 is 15.5 Å². The molecule has 27 heavy (non-hydrogen) atoms. The van der Waals surface area contributed by atoms with Crippen molar-refractivity contribution in [1.82, 2.24) is 10.6 Å². The smallest absolute Gasteiger partial charge is 0.246 e. The Morgan fingerprint density at radius 2 is 2.04 bits per heavy atom. The lowest BCUT2D eigenvalue weighted by Crippen LogP contribution is -2.45. The van der Waals surface area contributed by atoms with Gasteiger partial charge in [-0.05, 0) is 48.6 Å². The van der Waals surface area contributed by atoms with Gasteiger partial charge in [0.2, 0.25) is 5.91 Å². The molecule has 1 aliphatic rings. The molecule has 2 aromatic rings. The molecule has 0 saturated carbocycles. The molecule has 5 nitrogen and oxygen atoms in total.